The molecule has 0 saturated carbocycles. The van der Waals surface area contributed by atoms with E-state index in [9.17, 15) is 9.59 Å². The Balaban J connectivity index is 3.18. The van der Waals surface area contributed by atoms with Crippen molar-refractivity contribution in [3.05, 3.63) is 0 Å². The van der Waals surface area contributed by atoms with Gasteiger partial charge in [-0.1, -0.05) is 161 Å². The third-order valence-electron chi connectivity index (χ3n) is 7.02. The van der Waals surface area contributed by atoms with Crippen molar-refractivity contribution in [3.8, 4) is 0 Å². The molecule has 0 fully saturated rings. The smallest absolute Gasteiger partial charge is 0.326 e. The van der Waals surface area contributed by atoms with Crippen LogP contribution >= 0.6 is 0 Å². The summed E-state index contributed by atoms with van der Waals surface area (Å²) in [6, 6.07) is -0.725. The van der Waals surface area contributed by atoms with Crippen molar-refractivity contribution in [2.24, 2.45) is 0 Å². The van der Waals surface area contributed by atoms with Gasteiger partial charge >= 0.3 is 5.97 Å². The number of aliphatic carboxylic acids is 1. The molecule has 0 aliphatic heterocycles. The molecule has 4 heteroatoms. The largest absolute Gasteiger partial charge is 0.480 e. The molecular weight excluding hydrogens is 422 g/mol. The van der Waals surface area contributed by atoms with Gasteiger partial charge in [-0.2, -0.15) is 0 Å². The molecule has 2 N–H and O–H groups in total. The van der Waals surface area contributed by atoms with Crippen LogP contribution in [0.2, 0.25) is 0 Å². The van der Waals surface area contributed by atoms with Crippen LogP contribution in [0, 0.1) is 0 Å². The van der Waals surface area contributed by atoms with Gasteiger partial charge in [-0.25, -0.2) is 4.79 Å². The van der Waals surface area contributed by atoms with Crippen molar-refractivity contribution in [2.75, 3.05) is 0 Å². The SMILES string of the molecule is CCCCCCCCCCCCCCCCCCCCCCCCCCC(NC(C)=O)C(=O)O. The molecule has 0 saturated heterocycles. The number of rotatable bonds is 27. The molecular formula is C30H59NO3. The first-order valence-electron chi connectivity index (χ1n) is 15.1. The number of hydrogen-bond acceptors (Lipinski definition) is 2. The van der Waals surface area contributed by atoms with Gasteiger partial charge in [0.2, 0.25) is 5.91 Å². The maximum Gasteiger partial charge on any atom is 0.326 e. The Morgan fingerprint density at radius 1 is 0.529 bits per heavy atom. The third kappa shape index (κ3) is 25.6. The van der Waals surface area contributed by atoms with Crippen LogP contribution < -0.4 is 5.32 Å². The van der Waals surface area contributed by atoms with Crippen LogP contribution in [0.25, 0.3) is 0 Å². The molecule has 0 aromatic heterocycles. The van der Waals surface area contributed by atoms with E-state index in [1.807, 2.05) is 0 Å². The van der Waals surface area contributed by atoms with E-state index < -0.39 is 12.0 Å². The molecule has 0 aromatic carbocycles. The summed E-state index contributed by atoms with van der Waals surface area (Å²) < 4.78 is 0. The minimum absolute atomic E-state index is 0.267. The maximum absolute atomic E-state index is 11.1. The predicted octanol–water partition coefficient (Wildman–Crippen LogP) is 9.35. The molecule has 1 amide bonds. The number of carbonyl (C=O) groups excluding carboxylic acids is 1. The van der Waals surface area contributed by atoms with Crippen molar-refractivity contribution < 1.29 is 14.7 Å². The van der Waals surface area contributed by atoms with Gasteiger partial charge in [0.05, 0.1) is 0 Å². The van der Waals surface area contributed by atoms with Crippen molar-refractivity contribution >= 4 is 11.9 Å². The van der Waals surface area contributed by atoms with E-state index in [1.54, 1.807) is 0 Å². The topological polar surface area (TPSA) is 66.4 Å². The highest BCUT2D eigenvalue weighted by atomic mass is 16.4. The summed E-state index contributed by atoms with van der Waals surface area (Å²) in [5.74, 6) is -1.19. The van der Waals surface area contributed by atoms with Crippen LogP contribution in [-0.4, -0.2) is 23.0 Å². The fraction of sp³-hybridized carbons (Fsp3) is 0.933. The van der Waals surface area contributed by atoms with E-state index in [0.29, 0.717) is 6.42 Å². The van der Waals surface area contributed by atoms with Gasteiger partial charge in [-0.15, -0.1) is 0 Å². The van der Waals surface area contributed by atoms with Gasteiger partial charge in [0.25, 0.3) is 0 Å². The Morgan fingerprint density at radius 2 is 0.794 bits per heavy atom. The zero-order valence-electron chi connectivity index (χ0n) is 23.0. The van der Waals surface area contributed by atoms with Crippen LogP contribution in [0.5, 0.6) is 0 Å². The zero-order chi connectivity index (χ0) is 25.1. The van der Waals surface area contributed by atoms with Crippen LogP contribution in [0.3, 0.4) is 0 Å². The van der Waals surface area contributed by atoms with Crippen molar-refractivity contribution in [1.82, 2.24) is 5.32 Å². The highest BCUT2D eigenvalue weighted by molar-refractivity contribution is 5.81. The summed E-state index contributed by atoms with van der Waals surface area (Å²) >= 11 is 0. The second-order valence-corrected chi connectivity index (χ2v) is 10.5. The van der Waals surface area contributed by atoms with Crippen LogP contribution in [-0.2, 0) is 9.59 Å². The first kappa shape index (κ1) is 32.9. The summed E-state index contributed by atoms with van der Waals surface area (Å²) in [6.07, 6.45) is 33.2. The number of amides is 1. The standard InChI is InChI=1S/C30H59NO3/c1-3-4-5-6-7-8-9-10-11-12-13-14-15-16-17-18-19-20-21-22-23-24-25-26-27-29(30(33)34)31-28(2)32/h29H,3-27H2,1-2H3,(H,31,32)(H,33,34). The second-order valence-electron chi connectivity index (χ2n) is 10.5. The fourth-order valence-electron chi connectivity index (χ4n) is 4.81. The lowest BCUT2D eigenvalue weighted by Crippen LogP contribution is -2.39. The minimum Gasteiger partial charge on any atom is -0.480 e. The highest BCUT2D eigenvalue weighted by Crippen LogP contribution is 2.16. The molecule has 0 heterocycles. The van der Waals surface area contributed by atoms with E-state index in [1.165, 1.54) is 148 Å². The second kappa shape index (κ2) is 26.5. The summed E-state index contributed by atoms with van der Waals surface area (Å²) in [5, 5.41) is 11.6. The fourth-order valence-corrected chi connectivity index (χ4v) is 4.81. The lowest BCUT2D eigenvalue weighted by molar-refractivity contribution is -0.141. The van der Waals surface area contributed by atoms with Crippen molar-refractivity contribution in [1.29, 1.82) is 0 Å². The molecule has 1 atom stereocenters. The summed E-state index contributed by atoms with van der Waals surface area (Å²) in [4.78, 5) is 22.1. The van der Waals surface area contributed by atoms with Gasteiger partial charge in [0, 0.05) is 6.92 Å². The highest BCUT2D eigenvalue weighted by Gasteiger charge is 2.17. The zero-order valence-corrected chi connectivity index (χ0v) is 23.0. The number of unbranched alkanes of at least 4 members (excludes halogenated alkanes) is 23. The van der Waals surface area contributed by atoms with Crippen molar-refractivity contribution in [3.63, 3.8) is 0 Å². The molecule has 202 valence electrons. The molecule has 0 rings (SSSR count). The van der Waals surface area contributed by atoms with Gasteiger partial charge in [-0.3, -0.25) is 4.79 Å². The van der Waals surface area contributed by atoms with E-state index >= 15 is 0 Å². The normalized spacial score (nSPS) is 12.1. The number of nitrogens with one attached hydrogen (secondary N) is 1. The molecule has 4 nitrogen and oxygen atoms in total. The maximum atomic E-state index is 11.1. The Hall–Kier alpha value is -1.06. The first-order chi connectivity index (χ1) is 16.6. The van der Waals surface area contributed by atoms with Gasteiger partial charge < -0.3 is 10.4 Å². The van der Waals surface area contributed by atoms with E-state index in [-0.39, 0.29) is 5.91 Å². The third-order valence-corrected chi connectivity index (χ3v) is 7.02. The minimum atomic E-state index is -0.927. The Morgan fingerprint density at radius 3 is 1.03 bits per heavy atom. The monoisotopic (exact) mass is 481 g/mol. The molecule has 1 unspecified atom stereocenters. The molecule has 0 bridgehead atoms. The number of hydrogen-bond donors (Lipinski definition) is 2. The van der Waals surface area contributed by atoms with E-state index in [0.717, 1.165) is 12.8 Å². The first-order valence-corrected chi connectivity index (χ1v) is 15.1. The van der Waals surface area contributed by atoms with Gasteiger partial charge in [-0.05, 0) is 6.42 Å². The van der Waals surface area contributed by atoms with E-state index in [4.69, 9.17) is 5.11 Å². The summed E-state index contributed by atoms with van der Waals surface area (Å²) in [5.41, 5.74) is 0. The molecule has 0 radical (unpaired) electrons. The quantitative estimate of drug-likeness (QED) is 0.115. The number of carboxylic acid groups (broad SMARTS) is 1. The lowest BCUT2D eigenvalue weighted by atomic mass is 10.0. The lowest BCUT2D eigenvalue weighted by Gasteiger charge is -2.12. The van der Waals surface area contributed by atoms with Crippen molar-refractivity contribution in [2.45, 2.75) is 180 Å². The van der Waals surface area contributed by atoms with E-state index in [2.05, 4.69) is 12.2 Å². The average Bonchev–Trinajstić information content (AvgIpc) is 2.80. The summed E-state index contributed by atoms with van der Waals surface area (Å²) in [6.45, 7) is 3.66. The molecule has 0 aliphatic rings. The molecule has 0 aliphatic carbocycles. The molecule has 34 heavy (non-hydrogen) atoms. The van der Waals surface area contributed by atoms with Gasteiger partial charge in [0.15, 0.2) is 0 Å². The van der Waals surface area contributed by atoms with Gasteiger partial charge in [0.1, 0.15) is 6.04 Å². The Bertz CT molecular complexity index is 452. The average molecular weight is 482 g/mol. The Labute approximate surface area is 212 Å². The number of carbonyl (C=O) groups is 2. The molecule has 0 spiro atoms. The molecule has 0 aromatic rings. The summed E-state index contributed by atoms with van der Waals surface area (Å²) in [7, 11) is 0. The Kier molecular flexibility index (Phi) is 25.7. The van der Waals surface area contributed by atoms with Crippen LogP contribution in [0.4, 0.5) is 0 Å². The predicted molar refractivity (Wildman–Crippen MR) is 146 cm³/mol. The van der Waals surface area contributed by atoms with Crippen LogP contribution in [0.15, 0.2) is 0 Å². The number of carboxylic acids is 1. The van der Waals surface area contributed by atoms with Crippen LogP contribution in [0.1, 0.15) is 174 Å².